The predicted molar refractivity (Wildman–Crippen MR) is 64.5 cm³/mol. The van der Waals surface area contributed by atoms with Gasteiger partial charge in [0.1, 0.15) is 0 Å². The van der Waals surface area contributed by atoms with Crippen LogP contribution in [0.3, 0.4) is 0 Å². The van der Waals surface area contributed by atoms with Crippen molar-refractivity contribution in [3.8, 4) is 0 Å². The monoisotopic (exact) mass is 228 g/mol. The van der Waals surface area contributed by atoms with Gasteiger partial charge in [-0.3, -0.25) is 4.79 Å². The average Bonchev–Trinajstić information content (AvgIpc) is 2.59. The summed E-state index contributed by atoms with van der Waals surface area (Å²) < 4.78 is 0. The summed E-state index contributed by atoms with van der Waals surface area (Å²) in [4.78, 5) is 15.4. The molecule has 1 aliphatic rings. The van der Waals surface area contributed by atoms with Crippen molar-refractivity contribution in [3.63, 3.8) is 0 Å². The second kappa shape index (κ2) is 5.64. The van der Waals surface area contributed by atoms with Crippen molar-refractivity contribution in [1.82, 2.24) is 9.80 Å². The molecule has 0 aromatic rings. The molecule has 0 aromatic carbocycles. The van der Waals surface area contributed by atoms with Crippen molar-refractivity contribution in [2.24, 2.45) is 11.8 Å². The minimum atomic E-state index is -0.682. The van der Waals surface area contributed by atoms with Crippen LogP contribution in [0.4, 0.5) is 0 Å². The maximum atomic E-state index is 10.9. The molecule has 0 aromatic heterocycles. The lowest BCUT2D eigenvalue weighted by molar-refractivity contribution is -0.141. The summed E-state index contributed by atoms with van der Waals surface area (Å²) in [6.45, 7) is 4.03. The van der Waals surface area contributed by atoms with Gasteiger partial charge in [0.25, 0.3) is 0 Å². The number of hydrogen-bond donors (Lipinski definition) is 1. The topological polar surface area (TPSA) is 43.8 Å². The summed E-state index contributed by atoms with van der Waals surface area (Å²) in [6.07, 6.45) is 1.94. The highest BCUT2D eigenvalue weighted by Gasteiger charge is 2.31. The average molecular weight is 228 g/mol. The summed E-state index contributed by atoms with van der Waals surface area (Å²) in [5.41, 5.74) is 0. The third-order valence-corrected chi connectivity index (χ3v) is 3.65. The number of carboxylic acid groups (broad SMARTS) is 1. The quantitative estimate of drug-likeness (QED) is 0.762. The zero-order chi connectivity index (χ0) is 12.3. The van der Waals surface area contributed by atoms with E-state index >= 15 is 0 Å². The number of carbonyl (C=O) groups is 1. The van der Waals surface area contributed by atoms with Gasteiger partial charge in [-0.15, -0.1) is 0 Å². The molecule has 0 radical (unpaired) electrons. The van der Waals surface area contributed by atoms with Gasteiger partial charge >= 0.3 is 5.97 Å². The molecule has 3 unspecified atom stereocenters. The van der Waals surface area contributed by atoms with Crippen LogP contribution in [-0.4, -0.2) is 61.2 Å². The first-order valence-electron chi connectivity index (χ1n) is 5.99. The molecular formula is C12H24N2O2. The van der Waals surface area contributed by atoms with Gasteiger partial charge in [-0.05, 0) is 46.4 Å². The second-order valence-electron chi connectivity index (χ2n) is 5.32. The maximum absolute atomic E-state index is 10.9. The lowest BCUT2D eigenvalue weighted by Crippen LogP contribution is -2.38. The van der Waals surface area contributed by atoms with Crippen molar-refractivity contribution >= 4 is 5.97 Å². The summed E-state index contributed by atoms with van der Waals surface area (Å²) in [6, 6.07) is 0.385. The van der Waals surface area contributed by atoms with Gasteiger partial charge in [0.05, 0.1) is 5.92 Å². The number of nitrogens with zero attached hydrogens (tertiary/aromatic N) is 2. The highest BCUT2D eigenvalue weighted by Crippen LogP contribution is 2.25. The number of carboxylic acids is 1. The minimum absolute atomic E-state index is 0.252. The van der Waals surface area contributed by atoms with Crippen LogP contribution in [0.2, 0.25) is 0 Å². The smallest absolute Gasteiger partial charge is 0.306 e. The van der Waals surface area contributed by atoms with E-state index in [9.17, 15) is 4.79 Å². The highest BCUT2D eigenvalue weighted by molar-refractivity contribution is 5.69. The van der Waals surface area contributed by atoms with E-state index < -0.39 is 5.97 Å². The number of aliphatic carboxylic acids is 1. The lowest BCUT2D eigenvalue weighted by Gasteiger charge is -2.31. The molecule has 0 aliphatic carbocycles. The van der Waals surface area contributed by atoms with Crippen LogP contribution in [-0.2, 0) is 4.79 Å². The van der Waals surface area contributed by atoms with Gasteiger partial charge in [-0.25, -0.2) is 0 Å². The first-order chi connectivity index (χ1) is 7.41. The van der Waals surface area contributed by atoms with Crippen LogP contribution < -0.4 is 0 Å². The molecule has 1 fully saturated rings. The Labute approximate surface area is 98.2 Å². The molecule has 4 heteroatoms. The molecule has 1 saturated heterocycles. The van der Waals surface area contributed by atoms with Crippen molar-refractivity contribution < 1.29 is 9.90 Å². The largest absolute Gasteiger partial charge is 0.481 e. The van der Waals surface area contributed by atoms with E-state index in [4.69, 9.17) is 5.11 Å². The van der Waals surface area contributed by atoms with E-state index in [1.807, 2.05) is 0 Å². The molecule has 0 amide bonds. The Morgan fingerprint density at radius 2 is 2.19 bits per heavy atom. The first kappa shape index (κ1) is 13.5. The molecular weight excluding hydrogens is 204 g/mol. The zero-order valence-corrected chi connectivity index (χ0v) is 10.8. The highest BCUT2D eigenvalue weighted by atomic mass is 16.4. The van der Waals surface area contributed by atoms with Gasteiger partial charge in [0.2, 0.25) is 0 Å². The Morgan fingerprint density at radius 3 is 2.56 bits per heavy atom. The molecule has 1 rings (SSSR count). The van der Waals surface area contributed by atoms with Crippen LogP contribution in [0.1, 0.15) is 19.8 Å². The lowest BCUT2D eigenvalue weighted by atomic mass is 9.90. The minimum Gasteiger partial charge on any atom is -0.481 e. The summed E-state index contributed by atoms with van der Waals surface area (Å²) in [5.74, 6) is -0.321. The molecule has 1 N–H and O–H groups in total. The van der Waals surface area contributed by atoms with Crippen molar-refractivity contribution in [2.45, 2.75) is 25.8 Å². The van der Waals surface area contributed by atoms with Crippen LogP contribution in [0.5, 0.6) is 0 Å². The van der Waals surface area contributed by atoms with Crippen molar-refractivity contribution in [1.29, 1.82) is 0 Å². The number of likely N-dealkylation sites (tertiary alicyclic amines) is 1. The Kier molecular flexibility index (Phi) is 4.74. The summed E-state index contributed by atoms with van der Waals surface area (Å²) in [5, 5.41) is 8.98. The van der Waals surface area contributed by atoms with Gasteiger partial charge < -0.3 is 14.9 Å². The fourth-order valence-electron chi connectivity index (χ4n) is 2.57. The van der Waals surface area contributed by atoms with Gasteiger partial charge in [-0.1, -0.05) is 6.92 Å². The fourth-order valence-corrected chi connectivity index (χ4v) is 2.57. The standard InChI is InChI=1S/C12H24N2O2/c1-9(12(15)16)7-11(13(2)3)10-5-6-14(4)8-10/h9-11H,5-8H2,1-4H3,(H,15,16). The van der Waals surface area contributed by atoms with Crippen LogP contribution >= 0.6 is 0 Å². The second-order valence-corrected chi connectivity index (χ2v) is 5.32. The number of rotatable bonds is 5. The first-order valence-corrected chi connectivity index (χ1v) is 5.99. The Hall–Kier alpha value is -0.610. The fraction of sp³-hybridized carbons (Fsp3) is 0.917. The molecule has 0 spiro atoms. The van der Waals surface area contributed by atoms with Crippen molar-refractivity contribution in [3.05, 3.63) is 0 Å². The Bertz CT molecular complexity index is 243. The molecule has 0 saturated carbocycles. The van der Waals surface area contributed by atoms with Crippen molar-refractivity contribution in [2.75, 3.05) is 34.2 Å². The molecule has 0 bridgehead atoms. The Balaban J connectivity index is 2.57. The summed E-state index contributed by atoms with van der Waals surface area (Å²) >= 11 is 0. The maximum Gasteiger partial charge on any atom is 0.306 e. The van der Waals surface area contributed by atoms with E-state index in [-0.39, 0.29) is 5.92 Å². The van der Waals surface area contributed by atoms with E-state index in [0.717, 1.165) is 19.5 Å². The molecule has 3 atom stereocenters. The van der Waals surface area contributed by atoms with Crippen LogP contribution in [0.25, 0.3) is 0 Å². The zero-order valence-electron chi connectivity index (χ0n) is 10.8. The van der Waals surface area contributed by atoms with E-state index in [0.29, 0.717) is 12.0 Å². The molecule has 94 valence electrons. The van der Waals surface area contributed by atoms with E-state index in [1.165, 1.54) is 6.42 Å². The molecule has 1 aliphatic heterocycles. The van der Waals surface area contributed by atoms with Gasteiger partial charge in [0.15, 0.2) is 0 Å². The summed E-state index contributed by atoms with van der Waals surface area (Å²) in [7, 11) is 6.24. The molecule has 16 heavy (non-hydrogen) atoms. The Morgan fingerprint density at radius 1 is 1.56 bits per heavy atom. The molecule has 4 nitrogen and oxygen atoms in total. The number of hydrogen-bond acceptors (Lipinski definition) is 3. The predicted octanol–water partition coefficient (Wildman–Crippen LogP) is 0.979. The van der Waals surface area contributed by atoms with Gasteiger partial charge in [0, 0.05) is 12.6 Å². The van der Waals surface area contributed by atoms with E-state index in [2.05, 4.69) is 30.9 Å². The SMILES string of the molecule is CC(CC(C1CCN(C)C1)N(C)C)C(=O)O. The van der Waals surface area contributed by atoms with Crippen LogP contribution in [0.15, 0.2) is 0 Å². The van der Waals surface area contributed by atoms with Gasteiger partial charge in [-0.2, -0.15) is 0 Å². The third-order valence-electron chi connectivity index (χ3n) is 3.65. The normalized spacial score (nSPS) is 25.9. The molecule has 1 heterocycles. The van der Waals surface area contributed by atoms with E-state index in [1.54, 1.807) is 6.92 Å². The van der Waals surface area contributed by atoms with Crippen LogP contribution in [0, 0.1) is 11.8 Å². The third kappa shape index (κ3) is 3.46.